The molecule has 1 saturated carbocycles. The zero-order chi connectivity index (χ0) is 24.2. The molecule has 1 N–H and O–H groups in total. The lowest BCUT2D eigenvalue weighted by molar-refractivity contribution is -0.125. The van der Waals surface area contributed by atoms with Crippen LogP contribution in [0.1, 0.15) is 48.0 Å². The summed E-state index contributed by atoms with van der Waals surface area (Å²) < 4.78 is 20.1. The molecule has 0 radical (unpaired) electrons. The molecule has 1 aliphatic heterocycles. The molecule has 2 aromatic carbocycles. The second-order valence-corrected chi connectivity index (χ2v) is 9.22. The summed E-state index contributed by atoms with van der Waals surface area (Å²) in [6, 6.07) is 16.7. The van der Waals surface area contributed by atoms with Crippen molar-refractivity contribution in [1.82, 2.24) is 15.2 Å². The molecule has 35 heavy (non-hydrogen) atoms. The summed E-state index contributed by atoms with van der Waals surface area (Å²) in [6.07, 6.45) is 7.96. The van der Waals surface area contributed by atoms with E-state index in [0.717, 1.165) is 25.7 Å². The minimum absolute atomic E-state index is 0.0903. The van der Waals surface area contributed by atoms with Gasteiger partial charge in [-0.3, -0.25) is 14.6 Å². The van der Waals surface area contributed by atoms with Gasteiger partial charge in [0.1, 0.15) is 11.8 Å². The normalized spacial score (nSPS) is 21.3. The van der Waals surface area contributed by atoms with Crippen LogP contribution in [0.3, 0.4) is 0 Å². The van der Waals surface area contributed by atoms with Crippen molar-refractivity contribution in [2.75, 3.05) is 0 Å². The zero-order valence-corrected chi connectivity index (χ0v) is 19.4. The quantitative estimate of drug-likeness (QED) is 0.541. The Morgan fingerprint density at radius 1 is 1.06 bits per heavy atom. The summed E-state index contributed by atoms with van der Waals surface area (Å²) in [6.45, 7) is 0.169. The number of pyridine rings is 1. The number of ether oxygens (including phenoxy) is 1. The minimum Gasteiger partial charge on any atom is -0.453 e. The first-order chi connectivity index (χ1) is 17.1. The molecule has 180 valence electrons. The van der Waals surface area contributed by atoms with Crippen molar-refractivity contribution < 1.29 is 18.7 Å². The third-order valence-corrected chi connectivity index (χ3v) is 6.97. The van der Waals surface area contributed by atoms with Gasteiger partial charge in [0.05, 0.1) is 6.20 Å². The van der Waals surface area contributed by atoms with Crippen molar-refractivity contribution in [2.45, 2.75) is 50.7 Å². The fraction of sp³-hybridized carbons (Fsp3) is 0.321. The molecule has 6 nitrogen and oxygen atoms in total. The molecule has 3 aromatic rings. The molecule has 2 heterocycles. The van der Waals surface area contributed by atoms with E-state index in [2.05, 4.69) is 10.3 Å². The molecule has 0 spiro atoms. The van der Waals surface area contributed by atoms with E-state index in [1.165, 1.54) is 12.3 Å². The van der Waals surface area contributed by atoms with Crippen molar-refractivity contribution in [3.05, 3.63) is 90.0 Å². The number of carbonyl (C=O) groups excluding carboxylic acids is 2. The van der Waals surface area contributed by atoms with E-state index in [0.29, 0.717) is 29.2 Å². The van der Waals surface area contributed by atoms with Crippen LogP contribution in [0.2, 0.25) is 0 Å². The smallest absolute Gasteiger partial charge is 0.254 e. The van der Waals surface area contributed by atoms with Crippen LogP contribution < -0.4 is 10.1 Å². The summed E-state index contributed by atoms with van der Waals surface area (Å²) in [5.74, 6) is 0.0654. The van der Waals surface area contributed by atoms with Crippen LogP contribution in [-0.4, -0.2) is 33.8 Å². The molecule has 1 saturated heterocycles. The van der Waals surface area contributed by atoms with Gasteiger partial charge < -0.3 is 15.0 Å². The maximum atomic E-state index is 14.6. The number of halogens is 1. The van der Waals surface area contributed by atoms with Gasteiger partial charge in [-0.05, 0) is 67.1 Å². The van der Waals surface area contributed by atoms with Gasteiger partial charge in [0.25, 0.3) is 5.91 Å². The molecule has 2 amide bonds. The van der Waals surface area contributed by atoms with Crippen LogP contribution >= 0.6 is 0 Å². The Kier molecular flexibility index (Phi) is 6.75. The number of hydrogen-bond donors (Lipinski definition) is 1. The van der Waals surface area contributed by atoms with Crippen LogP contribution in [0, 0.1) is 11.7 Å². The Bertz CT molecular complexity index is 1190. The van der Waals surface area contributed by atoms with Gasteiger partial charge >= 0.3 is 0 Å². The topological polar surface area (TPSA) is 71.5 Å². The first kappa shape index (κ1) is 23.0. The van der Waals surface area contributed by atoms with E-state index in [9.17, 15) is 14.0 Å². The van der Waals surface area contributed by atoms with Gasteiger partial charge in [0.2, 0.25) is 5.91 Å². The summed E-state index contributed by atoms with van der Waals surface area (Å²) in [7, 11) is 0. The fourth-order valence-corrected chi connectivity index (χ4v) is 5.29. The molecule has 2 aliphatic rings. The molecule has 7 heteroatoms. The number of carbonyl (C=O) groups is 2. The Balaban J connectivity index is 1.27. The Morgan fingerprint density at radius 3 is 2.66 bits per heavy atom. The molecule has 3 unspecified atom stereocenters. The van der Waals surface area contributed by atoms with E-state index in [-0.39, 0.29) is 30.2 Å². The number of benzene rings is 2. The average molecular weight is 474 g/mol. The van der Waals surface area contributed by atoms with Gasteiger partial charge in [-0.25, -0.2) is 4.39 Å². The largest absolute Gasteiger partial charge is 0.453 e. The molecule has 5 rings (SSSR count). The van der Waals surface area contributed by atoms with Crippen LogP contribution in [-0.2, 0) is 11.3 Å². The predicted molar refractivity (Wildman–Crippen MR) is 129 cm³/mol. The summed E-state index contributed by atoms with van der Waals surface area (Å²) in [5.41, 5.74) is 1.22. The third kappa shape index (κ3) is 5.04. The van der Waals surface area contributed by atoms with Crippen molar-refractivity contribution in [2.24, 2.45) is 5.92 Å². The zero-order valence-electron chi connectivity index (χ0n) is 19.4. The highest BCUT2D eigenvalue weighted by Crippen LogP contribution is 2.40. The maximum Gasteiger partial charge on any atom is 0.254 e. The third-order valence-electron chi connectivity index (χ3n) is 6.97. The fourth-order valence-electron chi connectivity index (χ4n) is 5.29. The monoisotopic (exact) mass is 473 g/mol. The highest BCUT2D eigenvalue weighted by atomic mass is 19.1. The second-order valence-electron chi connectivity index (χ2n) is 9.22. The van der Waals surface area contributed by atoms with Crippen molar-refractivity contribution in [3.63, 3.8) is 0 Å². The standard InChI is InChI=1S/C28H28FN3O3/c29-23-15-19(12-13-26(23)35-22-10-6-14-30-18-22)17-31-27(33)25-16-21-9-4-5-11-24(21)32(25)28(34)20-7-2-1-3-8-20/h1-3,6-8,10,12-15,18,21,24-25H,4-5,9,11,16-17H2,(H,31,33). The van der Waals surface area contributed by atoms with Crippen molar-refractivity contribution in [1.29, 1.82) is 0 Å². The van der Waals surface area contributed by atoms with Crippen molar-refractivity contribution >= 4 is 11.8 Å². The van der Waals surface area contributed by atoms with Gasteiger partial charge in [0, 0.05) is 24.3 Å². The number of hydrogen-bond acceptors (Lipinski definition) is 4. The van der Waals surface area contributed by atoms with E-state index in [1.807, 2.05) is 18.2 Å². The molecule has 1 aliphatic carbocycles. The molecular formula is C28H28FN3O3. The van der Waals surface area contributed by atoms with Gasteiger partial charge in [0.15, 0.2) is 11.6 Å². The van der Waals surface area contributed by atoms with E-state index >= 15 is 0 Å². The number of amides is 2. The first-order valence-corrected chi connectivity index (χ1v) is 12.1. The molecule has 1 aromatic heterocycles. The lowest BCUT2D eigenvalue weighted by Gasteiger charge is -2.33. The Labute approximate surface area is 204 Å². The average Bonchev–Trinajstić information content (AvgIpc) is 3.29. The number of rotatable bonds is 6. The van der Waals surface area contributed by atoms with Gasteiger partial charge in [-0.1, -0.05) is 37.1 Å². The molecule has 0 bridgehead atoms. The van der Waals surface area contributed by atoms with Gasteiger partial charge in [-0.15, -0.1) is 0 Å². The lowest BCUT2D eigenvalue weighted by atomic mass is 9.84. The van der Waals surface area contributed by atoms with Crippen molar-refractivity contribution in [3.8, 4) is 11.5 Å². The van der Waals surface area contributed by atoms with Crippen LogP contribution in [0.5, 0.6) is 11.5 Å². The summed E-state index contributed by atoms with van der Waals surface area (Å²) >= 11 is 0. The number of aromatic nitrogens is 1. The van der Waals surface area contributed by atoms with Crippen LogP contribution in [0.25, 0.3) is 0 Å². The number of nitrogens with one attached hydrogen (secondary N) is 1. The number of fused-ring (bicyclic) bond motifs is 1. The number of likely N-dealkylation sites (tertiary alicyclic amines) is 1. The second kappa shape index (κ2) is 10.3. The Hall–Kier alpha value is -3.74. The summed E-state index contributed by atoms with van der Waals surface area (Å²) in [5, 5.41) is 2.93. The van der Waals surface area contributed by atoms with Gasteiger partial charge in [-0.2, -0.15) is 0 Å². The van der Waals surface area contributed by atoms with E-state index < -0.39 is 11.9 Å². The van der Waals surface area contributed by atoms with E-state index in [1.54, 1.807) is 47.5 Å². The lowest BCUT2D eigenvalue weighted by Crippen LogP contribution is -2.49. The molecular weight excluding hydrogens is 445 g/mol. The Morgan fingerprint density at radius 2 is 1.89 bits per heavy atom. The highest BCUT2D eigenvalue weighted by Gasteiger charge is 2.47. The van der Waals surface area contributed by atoms with Crippen LogP contribution in [0.15, 0.2) is 73.1 Å². The minimum atomic E-state index is -0.520. The summed E-state index contributed by atoms with van der Waals surface area (Å²) in [4.78, 5) is 32.4. The first-order valence-electron chi connectivity index (χ1n) is 12.1. The predicted octanol–water partition coefficient (Wildman–Crippen LogP) is 5.10. The molecule has 3 atom stereocenters. The van der Waals surface area contributed by atoms with E-state index in [4.69, 9.17) is 4.74 Å². The van der Waals surface area contributed by atoms with Crippen LogP contribution in [0.4, 0.5) is 4.39 Å². The number of nitrogens with zero attached hydrogens (tertiary/aromatic N) is 2. The highest BCUT2D eigenvalue weighted by molar-refractivity contribution is 5.98. The molecule has 2 fully saturated rings. The maximum absolute atomic E-state index is 14.6. The SMILES string of the molecule is O=C(NCc1ccc(Oc2cccnc2)c(F)c1)C1CC2CCCCC2N1C(=O)c1ccccc1.